The van der Waals surface area contributed by atoms with Gasteiger partial charge in [-0.3, -0.25) is 4.79 Å². The van der Waals surface area contributed by atoms with Crippen LogP contribution >= 0.6 is 10.7 Å². The molecule has 0 aliphatic heterocycles. The van der Waals surface area contributed by atoms with Gasteiger partial charge in [0.15, 0.2) is 0 Å². The third-order valence-corrected chi connectivity index (χ3v) is 4.23. The van der Waals surface area contributed by atoms with E-state index >= 15 is 0 Å². The summed E-state index contributed by atoms with van der Waals surface area (Å²) < 4.78 is 28.3. The van der Waals surface area contributed by atoms with E-state index in [2.05, 4.69) is 5.32 Å². The largest absolute Gasteiger partial charge is 0.492 e. The first-order valence-corrected chi connectivity index (χ1v) is 8.64. The smallest absolute Gasteiger partial charge is 0.264 e. The fourth-order valence-electron chi connectivity index (χ4n) is 1.71. The molecular formula is C13H16ClNO4S. The number of amides is 1. The molecule has 110 valence electrons. The lowest BCUT2D eigenvalue weighted by molar-refractivity contribution is -0.121. The molecule has 0 heterocycles. The van der Waals surface area contributed by atoms with Crippen LogP contribution in [0.4, 0.5) is 0 Å². The molecule has 1 saturated carbocycles. The Morgan fingerprint density at radius 1 is 1.45 bits per heavy atom. The number of ether oxygens (including phenoxy) is 1. The second-order valence-electron chi connectivity index (χ2n) is 4.83. The van der Waals surface area contributed by atoms with Crippen molar-refractivity contribution in [1.82, 2.24) is 5.32 Å². The maximum Gasteiger partial charge on any atom is 0.264 e. The highest BCUT2D eigenvalue weighted by molar-refractivity contribution is 8.13. The number of hydrogen-bond donors (Lipinski definition) is 1. The van der Waals surface area contributed by atoms with Crippen LogP contribution in [0.1, 0.15) is 24.8 Å². The molecule has 1 aromatic carbocycles. The minimum absolute atomic E-state index is 0.0678. The molecule has 1 fully saturated rings. The topological polar surface area (TPSA) is 72.5 Å². The SMILES string of the molecule is Cc1ccc(OCCC(=O)NC2CC2)c(S(=O)(=O)Cl)c1. The fourth-order valence-corrected chi connectivity index (χ4v) is 2.76. The van der Waals surface area contributed by atoms with E-state index in [-0.39, 0.29) is 29.6 Å². The van der Waals surface area contributed by atoms with E-state index in [4.69, 9.17) is 15.4 Å². The van der Waals surface area contributed by atoms with Gasteiger partial charge in [0.2, 0.25) is 5.91 Å². The molecule has 0 bridgehead atoms. The first kappa shape index (κ1) is 15.1. The number of rotatable bonds is 6. The molecule has 5 nitrogen and oxygen atoms in total. The molecule has 1 aromatic rings. The van der Waals surface area contributed by atoms with Gasteiger partial charge in [-0.05, 0) is 37.5 Å². The van der Waals surface area contributed by atoms with E-state index < -0.39 is 9.05 Å². The van der Waals surface area contributed by atoms with Crippen LogP contribution in [0.25, 0.3) is 0 Å². The van der Waals surface area contributed by atoms with E-state index in [9.17, 15) is 13.2 Å². The molecule has 0 aromatic heterocycles. The third-order valence-electron chi connectivity index (χ3n) is 2.89. The average molecular weight is 318 g/mol. The van der Waals surface area contributed by atoms with Crippen LogP contribution in [-0.4, -0.2) is 27.0 Å². The number of benzene rings is 1. The standard InChI is InChI=1S/C13H16ClNO4S/c1-9-2-5-11(12(8-9)20(14,17)18)19-7-6-13(16)15-10-3-4-10/h2,5,8,10H,3-4,6-7H2,1H3,(H,15,16). The molecule has 1 aliphatic carbocycles. The van der Waals surface area contributed by atoms with Crippen molar-refractivity contribution in [3.63, 3.8) is 0 Å². The van der Waals surface area contributed by atoms with E-state index in [0.29, 0.717) is 6.04 Å². The first-order valence-electron chi connectivity index (χ1n) is 6.34. The van der Waals surface area contributed by atoms with Crippen molar-refractivity contribution < 1.29 is 17.9 Å². The summed E-state index contributed by atoms with van der Waals surface area (Å²) in [7, 11) is 1.50. The first-order chi connectivity index (χ1) is 9.36. The summed E-state index contributed by atoms with van der Waals surface area (Å²) in [5.74, 6) is 0.0831. The van der Waals surface area contributed by atoms with Gasteiger partial charge in [-0.15, -0.1) is 0 Å². The van der Waals surface area contributed by atoms with Gasteiger partial charge in [0, 0.05) is 16.7 Å². The Labute approximate surface area is 122 Å². The van der Waals surface area contributed by atoms with Gasteiger partial charge in [-0.25, -0.2) is 8.42 Å². The van der Waals surface area contributed by atoms with Crippen LogP contribution in [0.15, 0.2) is 23.1 Å². The summed E-state index contributed by atoms with van der Waals surface area (Å²) in [6.07, 6.45) is 2.24. The zero-order valence-electron chi connectivity index (χ0n) is 11.1. The maximum atomic E-state index is 11.5. The van der Waals surface area contributed by atoms with Crippen LogP contribution < -0.4 is 10.1 Å². The van der Waals surface area contributed by atoms with Gasteiger partial charge >= 0.3 is 0 Å². The van der Waals surface area contributed by atoms with Crippen molar-refractivity contribution in [1.29, 1.82) is 0 Å². The van der Waals surface area contributed by atoms with Gasteiger partial charge in [0.05, 0.1) is 13.0 Å². The summed E-state index contributed by atoms with van der Waals surface area (Å²) in [5, 5.41) is 2.83. The molecule has 0 spiro atoms. The highest BCUT2D eigenvalue weighted by atomic mass is 35.7. The molecule has 1 aliphatic rings. The van der Waals surface area contributed by atoms with Crippen molar-refractivity contribution in [2.24, 2.45) is 0 Å². The predicted molar refractivity (Wildman–Crippen MR) is 75.5 cm³/mol. The van der Waals surface area contributed by atoms with Gasteiger partial charge in [-0.2, -0.15) is 0 Å². The average Bonchev–Trinajstić information content (AvgIpc) is 3.13. The van der Waals surface area contributed by atoms with E-state index in [1.54, 1.807) is 19.1 Å². The molecular weight excluding hydrogens is 302 g/mol. The van der Waals surface area contributed by atoms with E-state index in [1.807, 2.05) is 0 Å². The number of aryl methyl sites for hydroxylation is 1. The second kappa shape index (κ2) is 6.01. The summed E-state index contributed by atoms with van der Waals surface area (Å²) in [4.78, 5) is 11.4. The molecule has 2 rings (SSSR count). The molecule has 0 radical (unpaired) electrons. The van der Waals surface area contributed by atoms with E-state index in [1.165, 1.54) is 6.07 Å². The Morgan fingerprint density at radius 2 is 2.15 bits per heavy atom. The second-order valence-corrected chi connectivity index (χ2v) is 7.36. The summed E-state index contributed by atoms with van der Waals surface area (Å²) >= 11 is 0. The number of halogens is 1. The Bertz CT molecular complexity index is 611. The molecule has 1 amide bonds. The summed E-state index contributed by atoms with van der Waals surface area (Å²) in [6, 6.07) is 5.02. The third kappa shape index (κ3) is 4.38. The van der Waals surface area contributed by atoms with Crippen molar-refractivity contribution >= 4 is 25.6 Å². The van der Waals surface area contributed by atoms with Crippen LogP contribution in [0.5, 0.6) is 5.75 Å². The van der Waals surface area contributed by atoms with Crippen LogP contribution in [0, 0.1) is 6.92 Å². The quantitative estimate of drug-likeness (QED) is 0.814. The zero-order valence-corrected chi connectivity index (χ0v) is 12.6. The minimum Gasteiger partial charge on any atom is -0.492 e. The van der Waals surface area contributed by atoms with Crippen molar-refractivity contribution in [2.75, 3.05) is 6.61 Å². The summed E-state index contributed by atoms with van der Waals surface area (Å²) in [6.45, 7) is 1.87. The van der Waals surface area contributed by atoms with Crippen molar-refractivity contribution in [2.45, 2.75) is 37.1 Å². The Kier molecular flexibility index (Phi) is 4.55. The zero-order chi connectivity index (χ0) is 14.8. The van der Waals surface area contributed by atoms with Crippen molar-refractivity contribution in [3.05, 3.63) is 23.8 Å². The number of carbonyl (C=O) groups excluding carboxylic acids is 1. The Balaban J connectivity index is 1.96. The normalized spacial score (nSPS) is 14.9. The Hall–Kier alpha value is -1.27. The number of nitrogens with one attached hydrogen (secondary N) is 1. The van der Waals surface area contributed by atoms with Crippen molar-refractivity contribution in [3.8, 4) is 5.75 Å². The van der Waals surface area contributed by atoms with Gasteiger partial charge < -0.3 is 10.1 Å². The van der Waals surface area contributed by atoms with E-state index in [0.717, 1.165) is 18.4 Å². The minimum atomic E-state index is -3.87. The molecule has 7 heteroatoms. The lowest BCUT2D eigenvalue weighted by atomic mass is 10.2. The predicted octanol–water partition coefficient (Wildman–Crippen LogP) is 1.97. The Morgan fingerprint density at radius 3 is 2.75 bits per heavy atom. The number of carbonyl (C=O) groups is 1. The fraction of sp³-hybridized carbons (Fsp3) is 0.462. The van der Waals surface area contributed by atoms with Crippen LogP contribution in [-0.2, 0) is 13.8 Å². The van der Waals surface area contributed by atoms with Gasteiger partial charge in [-0.1, -0.05) is 6.07 Å². The molecule has 1 N–H and O–H groups in total. The monoisotopic (exact) mass is 317 g/mol. The van der Waals surface area contributed by atoms with Crippen LogP contribution in [0.2, 0.25) is 0 Å². The summed E-state index contributed by atoms with van der Waals surface area (Å²) in [5.41, 5.74) is 0.767. The molecule has 0 unspecified atom stereocenters. The van der Waals surface area contributed by atoms with Crippen LogP contribution in [0.3, 0.4) is 0 Å². The maximum absolute atomic E-state index is 11.5. The molecule has 20 heavy (non-hydrogen) atoms. The van der Waals surface area contributed by atoms with Gasteiger partial charge in [0.1, 0.15) is 10.6 Å². The molecule has 0 saturated heterocycles. The molecule has 0 atom stereocenters. The highest BCUT2D eigenvalue weighted by Crippen LogP contribution is 2.28. The lowest BCUT2D eigenvalue weighted by Crippen LogP contribution is -2.26. The van der Waals surface area contributed by atoms with Gasteiger partial charge in [0.25, 0.3) is 9.05 Å². The lowest BCUT2D eigenvalue weighted by Gasteiger charge is -2.10. The highest BCUT2D eigenvalue weighted by Gasteiger charge is 2.23. The number of hydrogen-bond acceptors (Lipinski definition) is 4.